The van der Waals surface area contributed by atoms with Crippen molar-refractivity contribution in [3.05, 3.63) is 70.8 Å². The molecular formula is C47H69N9O8S2. The first-order chi connectivity index (χ1) is 31.5. The van der Waals surface area contributed by atoms with Crippen molar-refractivity contribution in [2.24, 2.45) is 33.7 Å². The number of carbonyl (C=O) groups excluding carboxylic acids is 3. The van der Waals surface area contributed by atoms with Crippen LogP contribution < -0.4 is 25.4 Å². The van der Waals surface area contributed by atoms with E-state index in [2.05, 4.69) is 44.0 Å². The molecule has 5 aliphatic heterocycles. The van der Waals surface area contributed by atoms with E-state index in [1.54, 1.807) is 0 Å². The zero-order valence-electron chi connectivity index (χ0n) is 38.9. The lowest BCUT2D eigenvalue weighted by atomic mass is 9.82. The second-order valence-electron chi connectivity index (χ2n) is 19.2. The van der Waals surface area contributed by atoms with Crippen LogP contribution in [0.1, 0.15) is 113 Å². The Hall–Kier alpha value is -4.27. The standard InChI is InChI=1S/C22H32N4O3S.C14H23N3O.C11H14N2O4S/c1-16-7-9-18(10-8-16)20-24-21(27)22(25-20)11-13-26(14-12-22)30(28,29)23-15-19-6-4-3-5-17(19)2;1-10-2-4-11(5-3-10)12-16-13(18)14(17-12)6-8-15-9-7-14;1-9-4-2-3-5-10(9)8-12-18(15,16)13-6-7-17-11(13)14/h3-6,16,18,23H,7-15H2,1-2H3,(H,24,25,27);10-11,15H,2-9H2,1H3,(H,16,17,18);2-5,12H,6-8H2,1H3. The highest BCUT2D eigenvalue weighted by atomic mass is 32.2. The van der Waals surface area contributed by atoms with Crippen molar-refractivity contribution in [1.82, 2.24) is 34.0 Å². The Bertz CT molecular complexity index is 2350. The van der Waals surface area contributed by atoms with Crippen molar-refractivity contribution in [3.8, 4) is 0 Å². The first-order valence-electron chi connectivity index (χ1n) is 23.8. The molecule has 2 saturated carbocycles. The number of piperidine rings is 2. The third-order valence-electron chi connectivity index (χ3n) is 14.5. The molecule has 0 atom stereocenters. The van der Waals surface area contributed by atoms with E-state index in [0.29, 0.717) is 42.1 Å². The minimum absolute atomic E-state index is 0.0546. The number of aliphatic imine (C=N–C) groups is 2. The van der Waals surface area contributed by atoms with Gasteiger partial charge in [-0.25, -0.2) is 4.79 Å². The van der Waals surface area contributed by atoms with Crippen LogP contribution in [0.25, 0.3) is 0 Å². The molecule has 7 aliphatic rings. The van der Waals surface area contributed by atoms with E-state index < -0.39 is 37.6 Å². The summed E-state index contributed by atoms with van der Waals surface area (Å²) in [6.45, 7) is 11.4. The van der Waals surface area contributed by atoms with Gasteiger partial charge in [0.15, 0.2) is 0 Å². The molecule has 0 bridgehead atoms. The van der Waals surface area contributed by atoms with E-state index in [1.807, 2.05) is 62.4 Å². The number of nitrogens with one attached hydrogen (secondary N) is 5. The highest BCUT2D eigenvalue weighted by molar-refractivity contribution is 7.87. The smallest absolute Gasteiger partial charge is 0.424 e. The fourth-order valence-corrected chi connectivity index (χ4v) is 12.1. The number of cyclic esters (lactones) is 1. The molecular weight excluding hydrogens is 883 g/mol. The number of ether oxygens (including phenoxy) is 1. The van der Waals surface area contributed by atoms with Gasteiger partial charge in [0, 0.05) is 38.0 Å². The normalized spacial score (nSPS) is 26.3. The Balaban J connectivity index is 0.000000156. The van der Waals surface area contributed by atoms with Gasteiger partial charge in [0.1, 0.15) is 29.4 Å². The molecule has 2 aromatic rings. The Morgan fingerprint density at radius 1 is 0.636 bits per heavy atom. The lowest BCUT2D eigenvalue weighted by Crippen LogP contribution is -2.52. The first-order valence-corrected chi connectivity index (χ1v) is 26.7. The number of nitrogens with zero attached hydrogens (tertiary/aromatic N) is 4. The predicted molar refractivity (Wildman–Crippen MR) is 254 cm³/mol. The fraction of sp³-hybridized carbons (Fsp3) is 0.638. The van der Waals surface area contributed by atoms with Crippen LogP contribution in [0.3, 0.4) is 0 Å². The SMILES string of the molecule is CC1CCC(C2=NC3(CCNCC3)C(=O)N2)CC1.Cc1ccccc1CNS(=O)(=O)N1CCC2(CC1)N=C(C1CCC(C)CC1)NC2=O.Cc1ccccc1CNS(=O)(=O)N1CCOC1=O. The summed E-state index contributed by atoms with van der Waals surface area (Å²) in [5, 5.41) is 9.42. The summed E-state index contributed by atoms with van der Waals surface area (Å²) < 4.78 is 61.1. The molecule has 3 amide bonds. The average molecular weight is 952 g/mol. The van der Waals surface area contributed by atoms with Crippen LogP contribution in [-0.4, -0.2) is 105 Å². The summed E-state index contributed by atoms with van der Waals surface area (Å²) in [7, 11) is -7.41. The van der Waals surface area contributed by atoms with Gasteiger partial charge in [0.2, 0.25) is 0 Å². The fourth-order valence-electron chi connectivity index (χ4n) is 9.87. The van der Waals surface area contributed by atoms with E-state index in [1.165, 1.54) is 42.8 Å². The van der Waals surface area contributed by atoms with Crippen LogP contribution in [0.2, 0.25) is 0 Å². The highest BCUT2D eigenvalue weighted by Crippen LogP contribution is 2.37. The summed E-state index contributed by atoms with van der Waals surface area (Å²) in [5.74, 6) is 4.34. The number of amidine groups is 2. The monoisotopic (exact) mass is 951 g/mol. The lowest BCUT2D eigenvalue weighted by Gasteiger charge is -2.34. The molecule has 2 aromatic carbocycles. The molecule has 0 radical (unpaired) electrons. The van der Waals surface area contributed by atoms with Crippen LogP contribution >= 0.6 is 0 Å². The van der Waals surface area contributed by atoms with Crippen LogP contribution in [0.15, 0.2) is 58.5 Å². The first kappa shape index (κ1) is 49.6. The molecule has 9 rings (SSSR count). The van der Waals surface area contributed by atoms with Crippen molar-refractivity contribution in [1.29, 1.82) is 0 Å². The molecule has 5 fully saturated rings. The van der Waals surface area contributed by atoms with Crippen LogP contribution in [0, 0.1) is 37.5 Å². The van der Waals surface area contributed by atoms with E-state index in [0.717, 1.165) is 84.5 Å². The molecule has 5 heterocycles. The van der Waals surface area contributed by atoms with Crippen molar-refractivity contribution in [2.75, 3.05) is 39.3 Å². The molecule has 0 aromatic heterocycles. The number of aryl methyl sites for hydroxylation is 2. The molecule has 5 N–H and O–H groups in total. The Kier molecular flexibility index (Phi) is 16.1. The summed E-state index contributed by atoms with van der Waals surface area (Å²) in [4.78, 5) is 45.8. The third-order valence-corrected chi connectivity index (χ3v) is 17.5. The summed E-state index contributed by atoms with van der Waals surface area (Å²) in [6, 6.07) is 15.2. The molecule has 17 nitrogen and oxygen atoms in total. The van der Waals surface area contributed by atoms with Gasteiger partial charge in [0.05, 0.1) is 6.54 Å². The molecule has 2 spiro atoms. The van der Waals surface area contributed by atoms with Gasteiger partial charge in [-0.2, -0.15) is 34.9 Å². The highest BCUT2D eigenvalue weighted by Gasteiger charge is 2.49. The summed E-state index contributed by atoms with van der Waals surface area (Å²) in [6.07, 6.45) is 11.1. The number of benzene rings is 2. The average Bonchev–Trinajstić information content (AvgIpc) is 3.98. The maximum Gasteiger partial charge on any atom is 0.424 e. The summed E-state index contributed by atoms with van der Waals surface area (Å²) >= 11 is 0. The van der Waals surface area contributed by atoms with Crippen molar-refractivity contribution in [3.63, 3.8) is 0 Å². The van der Waals surface area contributed by atoms with Crippen molar-refractivity contribution >= 4 is 50.0 Å². The quantitative estimate of drug-likeness (QED) is 0.221. The van der Waals surface area contributed by atoms with Gasteiger partial charge in [-0.3, -0.25) is 19.6 Å². The summed E-state index contributed by atoms with van der Waals surface area (Å²) in [5.41, 5.74) is 2.65. The minimum Gasteiger partial charge on any atom is -0.447 e. The number of hydrogen-bond acceptors (Lipinski definition) is 11. The predicted octanol–water partition coefficient (Wildman–Crippen LogP) is 4.76. The number of rotatable bonds is 10. The van der Waals surface area contributed by atoms with Gasteiger partial charge in [-0.1, -0.05) is 88.1 Å². The number of carbonyl (C=O) groups is 3. The maximum absolute atomic E-state index is 12.8. The Morgan fingerprint density at radius 3 is 1.52 bits per heavy atom. The second kappa shape index (κ2) is 21.4. The zero-order valence-corrected chi connectivity index (χ0v) is 40.6. The molecule has 3 saturated heterocycles. The minimum atomic E-state index is -3.82. The molecule has 19 heteroatoms. The topological polar surface area (TPSA) is 220 Å². The second-order valence-corrected chi connectivity index (χ2v) is 22.7. The zero-order chi connectivity index (χ0) is 47.1. The molecule has 66 heavy (non-hydrogen) atoms. The van der Waals surface area contributed by atoms with E-state index >= 15 is 0 Å². The van der Waals surface area contributed by atoms with Crippen molar-refractivity contribution < 1.29 is 36.0 Å². The van der Waals surface area contributed by atoms with Crippen LogP contribution in [-0.2, 0) is 47.8 Å². The molecule has 0 unspecified atom stereocenters. The van der Waals surface area contributed by atoms with E-state index in [9.17, 15) is 31.2 Å². The number of amides is 3. The molecule has 362 valence electrons. The number of hydrogen-bond donors (Lipinski definition) is 5. The van der Waals surface area contributed by atoms with Gasteiger partial charge in [-0.15, -0.1) is 0 Å². The molecule has 2 aliphatic carbocycles. The lowest BCUT2D eigenvalue weighted by molar-refractivity contribution is -0.125. The Morgan fingerprint density at radius 2 is 1.08 bits per heavy atom. The van der Waals surface area contributed by atoms with E-state index in [4.69, 9.17) is 9.98 Å². The third kappa shape index (κ3) is 11.9. The van der Waals surface area contributed by atoms with Gasteiger partial charge >= 0.3 is 16.3 Å². The Labute approximate surface area is 391 Å². The van der Waals surface area contributed by atoms with Crippen LogP contribution in [0.4, 0.5) is 4.79 Å². The largest absolute Gasteiger partial charge is 0.447 e. The van der Waals surface area contributed by atoms with E-state index in [-0.39, 0.29) is 38.1 Å². The van der Waals surface area contributed by atoms with Gasteiger partial charge in [0.25, 0.3) is 22.0 Å². The van der Waals surface area contributed by atoms with Crippen LogP contribution in [0.5, 0.6) is 0 Å². The van der Waals surface area contributed by atoms with Crippen molar-refractivity contribution in [2.45, 2.75) is 129 Å². The van der Waals surface area contributed by atoms with Gasteiger partial charge in [-0.05, 0) is 112 Å². The van der Waals surface area contributed by atoms with Gasteiger partial charge < -0.3 is 20.7 Å². The maximum atomic E-state index is 12.8.